The molecular formula is C14H16BrClN2O2. The number of rotatable bonds is 2. The lowest BCUT2D eigenvalue weighted by Gasteiger charge is -2.37. The number of halogens is 2. The van der Waals surface area contributed by atoms with Crippen LogP contribution in [0.15, 0.2) is 16.6 Å². The van der Waals surface area contributed by atoms with Gasteiger partial charge in [-0.15, -0.1) is 0 Å². The molecule has 20 heavy (non-hydrogen) atoms. The minimum Gasteiger partial charge on any atom is -0.343 e. The molecule has 1 saturated heterocycles. The molecule has 2 rings (SSSR count). The van der Waals surface area contributed by atoms with Crippen molar-refractivity contribution in [1.82, 2.24) is 5.32 Å². The molecule has 4 nitrogen and oxygen atoms in total. The second-order valence-electron chi connectivity index (χ2n) is 4.91. The van der Waals surface area contributed by atoms with Crippen molar-refractivity contribution in [2.45, 2.75) is 39.3 Å². The molecular weight excluding hydrogens is 344 g/mol. The van der Waals surface area contributed by atoms with Gasteiger partial charge < -0.3 is 5.32 Å². The van der Waals surface area contributed by atoms with Gasteiger partial charge in [0.2, 0.25) is 11.8 Å². The van der Waals surface area contributed by atoms with Gasteiger partial charge in [0, 0.05) is 9.50 Å². The molecule has 2 amide bonds. The van der Waals surface area contributed by atoms with Gasteiger partial charge in [-0.1, -0.05) is 18.5 Å². The lowest BCUT2D eigenvalue weighted by molar-refractivity contribution is -0.133. The number of piperazine rings is 1. The van der Waals surface area contributed by atoms with E-state index in [1.807, 2.05) is 19.9 Å². The minimum absolute atomic E-state index is 0.111. The van der Waals surface area contributed by atoms with Crippen molar-refractivity contribution in [2.24, 2.45) is 0 Å². The Morgan fingerprint density at radius 1 is 1.40 bits per heavy atom. The number of carbonyl (C=O) groups excluding carboxylic acids is 2. The molecule has 1 aliphatic heterocycles. The zero-order valence-electron chi connectivity index (χ0n) is 11.5. The largest absolute Gasteiger partial charge is 0.343 e. The fourth-order valence-electron chi connectivity index (χ4n) is 2.25. The maximum absolute atomic E-state index is 12.5. The maximum atomic E-state index is 12.5. The van der Waals surface area contributed by atoms with Gasteiger partial charge in [0.25, 0.3) is 0 Å². The minimum atomic E-state index is -0.555. The number of hydrogen-bond donors (Lipinski definition) is 1. The van der Waals surface area contributed by atoms with Crippen LogP contribution in [0.5, 0.6) is 0 Å². The van der Waals surface area contributed by atoms with E-state index in [4.69, 9.17) is 11.6 Å². The van der Waals surface area contributed by atoms with Crippen molar-refractivity contribution < 1.29 is 9.59 Å². The van der Waals surface area contributed by atoms with Gasteiger partial charge in [0.1, 0.15) is 12.1 Å². The summed E-state index contributed by atoms with van der Waals surface area (Å²) in [5.74, 6) is -0.264. The van der Waals surface area contributed by atoms with Gasteiger partial charge in [-0.2, -0.15) is 0 Å². The van der Waals surface area contributed by atoms with Crippen molar-refractivity contribution in [3.8, 4) is 0 Å². The Balaban J connectivity index is 2.51. The van der Waals surface area contributed by atoms with Crippen molar-refractivity contribution >= 4 is 45.0 Å². The molecule has 2 unspecified atom stereocenters. The summed E-state index contributed by atoms with van der Waals surface area (Å²) in [6.07, 6.45) is 0.561. The number of anilines is 1. The molecule has 1 aromatic carbocycles. The summed E-state index contributed by atoms with van der Waals surface area (Å²) in [5, 5.41) is 3.30. The summed E-state index contributed by atoms with van der Waals surface area (Å²) in [4.78, 5) is 26.0. The monoisotopic (exact) mass is 358 g/mol. The predicted molar refractivity (Wildman–Crippen MR) is 83.1 cm³/mol. The van der Waals surface area contributed by atoms with E-state index >= 15 is 0 Å². The first-order chi connectivity index (χ1) is 9.36. The molecule has 2 atom stereocenters. The molecule has 1 heterocycles. The van der Waals surface area contributed by atoms with E-state index in [0.717, 1.165) is 10.0 Å². The molecule has 6 heteroatoms. The van der Waals surface area contributed by atoms with E-state index in [0.29, 0.717) is 17.1 Å². The number of nitrogens with one attached hydrogen (secondary N) is 1. The quantitative estimate of drug-likeness (QED) is 0.882. The van der Waals surface area contributed by atoms with Crippen molar-refractivity contribution in [3.05, 3.63) is 27.2 Å². The highest BCUT2D eigenvalue weighted by atomic mass is 79.9. The first-order valence-corrected chi connectivity index (χ1v) is 7.63. The predicted octanol–water partition coefficient (Wildman–Crippen LogP) is 3.04. The summed E-state index contributed by atoms with van der Waals surface area (Å²) in [6.45, 7) is 5.47. The van der Waals surface area contributed by atoms with Gasteiger partial charge in [-0.05, 0) is 53.9 Å². The normalized spacial score (nSPS) is 22.9. The Labute approximate surface area is 131 Å². The van der Waals surface area contributed by atoms with E-state index in [9.17, 15) is 9.59 Å². The third-order valence-electron chi connectivity index (χ3n) is 3.51. The fourth-order valence-corrected chi connectivity index (χ4v) is 3.06. The lowest BCUT2D eigenvalue weighted by atomic mass is 10.0. The zero-order valence-corrected chi connectivity index (χ0v) is 13.9. The molecule has 0 saturated carbocycles. The van der Waals surface area contributed by atoms with Gasteiger partial charge in [0.05, 0.1) is 5.69 Å². The Bertz CT molecular complexity index is 577. The van der Waals surface area contributed by atoms with E-state index in [1.54, 1.807) is 13.0 Å². The highest BCUT2D eigenvalue weighted by Gasteiger charge is 2.38. The number of carbonyl (C=O) groups is 2. The third-order valence-corrected chi connectivity index (χ3v) is 4.56. The SMILES string of the molecule is CCC1NC(=O)C(C)N(c2cc(Cl)c(C)cc2Br)C1=O. The Morgan fingerprint density at radius 2 is 2.05 bits per heavy atom. The molecule has 0 radical (unpaired) electrons. The van der Waals surface area contributed by atoms with Crippen LogP contribution >= 0.6 is 27.5 Å². The highest BCUT2D eigenvalue weighted by Crippen LogP contribution is 2.34. The Morgan fingerprint density at radius 3 is 2.65 bits per heavy atom. The molecule has 1 fully saturated rings. The second kappa shape index (κ2) is 5.74. The first kappa shape index (κ1) is 15.3. The molecule has 108 valence electrons. The van der Waals surface area contributed by atoms with Crippen LogP contribution in [0.3, 0.4) is 0 Å². The molecule has 1 aromatic rings. The molecule has 1 aliphatic rings. The number of benzene rings is 1. The van der Waals surface area contributed by atoms with Gasteiger partial charge in [-0.25, -0.2) is 0 Å². The van der Waals surface area contributed by atoms with Crippen LogP contribution in [-0.4, -0.2) is 23.9 Å². The van der Waals surface area contributed by atoms with Gasteiger partial charge in [-0.3, -0.25) is 14.5 Å². The third kappa shape index (κ3) is 2.56. The number of nitrogens with zero attached hydrogens (tertiary/aromatic N) is 1. The van der Waals surface area contributed by atoms with Crippen LogP contribution < -0.4 is 10.2 Å². The standard InChI is InChI=1S/C14H16BrClN2O2/c1-4-11-14(20)18(8(3)13(19)17-11)12-6-10(16)7(2)5-9(12)15/h5-6,8,11H,4H2,1-3H3,(H,17,19). The zero-order chi connectivity index (χ0) is 15.0. The fraction of sp³-hybridized carbons (Fsp3) is 0.429. The van der Waals surface area contributed by atoms with Crippen molar-refractivity contribution in [2.75, 3.05) is 4.90 Å². The number of amides is 2. The average Bonchev–Trinajstić information content (AvgIpc) is 2.40. The topological polar surface area (TPSA) is 49.4 Å². The van der Waals surface area contributed by atoms with E-state index in [2.05, 4.69) is 21.2 Å². The molecule has 1 N–H and O–H groups in total. The average molecular weight is 360 g/mol. The maximum Gasteiger partial charge on any atom is 0.250 e. The Hall–Kier alpha value is -1.07. The molecule has 0 aliphatic carbocycles. The highest BCUT2D eigenvalue weighted by molar-refractivity contribution is 9.10. The summed E-state index contributed by atoms with van der Waals surface area (Å²) in [6, 6.07) is 2.54. The van der Waals surface area contributed by atoms with Crippen LogP contribution in [0.4, 0.5) is 5.69 Å². The summed E-state index contributed by atoms with van der Waals surface area (Å²) in [5.41, 5.74) is 1.54. The Kier molecular flexibility index (Phi) is 4.39. The lowest BCUT2D eigenvalue weighted by Crippen LogP contribution is -2.62. The van der Waals surface area contributed by atoms with E-state index < -0.39 is 12.1 Å². The second-order valence-corrected chi connectivity index (χ2v) is 6.17. The molecule has 0 bridgehead atoms. The van der Waals surface area contributed by atoms with Gasteiger partial charge in [0.15, 0.2) is 0 Å². The van der Waals surface area contributed by atoms with Crippen LogP contribution in [0.1, 0.15) is 25.8 Å². The van der Waals surface area contributed by atoms with E-state index in [-0.39, 0.29) is 11.8 Å². The van der Waals surface area contributed by atoms with Crippen molar-refractivity contribution in [1.29, 1.82) is 0 Å². The number of aryl methyl sites for hydroxylation is 1. The molecule has 0 aromatic heterocycles. The first-order valence-electron chi connectivity index (χ1n) is 6.46. The molecule has 0 spiro atoms. The van der Waals surface area contributed by atoms with Crippen LogP contribution in [0.25, 0.3) is 0 Å². The van der Waals surface area contributed by atoms with Crippen LogP contribution in [-0.2, 0) is 9.59 Å². The van der Waals surface area contributed by atoms with E-state index in [1.165, 1.54) is 4.90 Å². The summed E-state index contributed by atoms with van der Waals surface area (Å²) in [7, 11) is 0. The number of hydrogen-bond acceptors (Lipinski definition) is 2. The summed E-state index contributed by atoms with van der Waals surface area (Å²) >= 11 is 9.60. The smallest absolute Gasteiger partial charge is 0.250 e. The van der Waals surface area contributed by atoms with Crippen molar-refractivity contribution in [3.63, 3.8) is 0 Å². The van der Waals surface area contributed by atoms with Crippen LogP contribution in [0.2, 0.25) is 5.02 Å². The summed E-state index contributed by atoms with van der Waals surface area (Å²) < 4.78 is 0.754. The van der Waals surface area contributed by atoms with Gasteiger partial charge >= 0.3 is 0 Å². The van der Waals surface area contributed by atoms with Crippen LogP contribution in [0, 0.1) is 6.92 Å².